The van der Waals surface area contributed by atoms with E-state index in [4.69, 9.17) is 5.11 Å². The molecule has 112 valence electrons. The summed E-state index contributed by atoms with van der Waals surface area (Å²) in [6.07, 6.45) is 1.50. The minimum absolute atomic E-state index is 0.0866. The van der Waals surface area contributed by atoms with Crippen LogP contribution in [0.4, 0.5) is 10.9 Å². The monoisotopic (exact) mass is 307 g/mol. The van der Waals surface area contributed by atoms with Crippen molar-refractivity contribution in [2.75, 3.05) is 17.2 Å². The summed E-state index contributed by atoms with van der Waals surface area (Å²) in [5.41, 5.74) is 1.99. The number of nitrogens with one attached hydrogen (secondary N) is 2. The predicted octanol–water partition coefficient (Wildman–Crippen LogP) is 1.61. The number of nitrogens with zero attached hydrogens (tertiary/aromatic N) is 3. The summed E-state index contributed by atoms with van der Waals surface area (Å²) in [5, 5.41) is 22.8. The van der Waals surface area contributed by atoms with E-state index in [9.17, 15) is 4.79 Å². The van der Waals surface area contributed by atoms with Crippen LogP contribution in [-0.2, 0) is 0 Å². The van der Waals surface area contributed by atoms with Gasteiger partial charge in [-0.05, 0) is 25.0 Å². The van der Waals surface area contributed by atoms with Gasteiger partial charge in [-0.2, -0.15) is 0 Å². The van der Waals surface area contributed by atoms with Crippen LogP contribution in [0, 0.1) is 5.92 Å². The molecule has 0 saturated carbocycles. The first-order valence-electron chi connectivity index (χ1n) is 6.51. The van der Waals surface area contributed by atoms with Crippen LogP contribution in [0.2, 0.25) is 0 Å². The van der Waals surface area contributed by atoms with E-state index in [1.165, 1.54) is 17.5 Å². The van der Waals surface area contributed by atoms with Crippen molar-refractivity contribution >= 4 is 28.2 Å². The molecule has 2 aromatic rings. The highest BCUT2D eigenvalue weighted by Crippen LogP contribution is 2.13. The maximum atomic E-state index is 11.9. The second kappa shape index (κ2) is 7.09. The van der Waals surface area contributed by atoms with Crippen molar-refractivity contribution in [1.29, 1.82) is 0 Å². The molecule has 0 aliphatic heterocycles. The van der Waals surface area contributed by atoms with E-state index in [2.05, 4.69) is 25.8 Å². The number of rotatable bonds is 6. The second-order valence-electron chi connectivity index (χ2n) is 4.72. The summed E-state index contributed by atoms with van der Waals surface area (Å²) in [6, 6.07) is 3.50. The molecule has 0 radical (unpaired) electrons. The van der Waals surface area contributed by atoms with Gasteiger partial charge in [0.25, 0.3) is 5.91 Å². The number of anilines is 2. The van der Waals surface area contributed by atoms with Gasteiger partial charge in [-0.25, -0.2) is 4.98 Å². The SMILES string of the molecule is CC(CO)C(C)Nc1ccc(C(=O)Nc2nncs2)cn1. The van der Waals surface area contributed by atoms with Crippen LogP contribution >= 0.6 is 11.3 Å². The molecule has 2 heterocycles. The van der Waals surface area contributed by atoms with Gasteiger partial charge in [-0.1, -0.05) is 18.3 Å². The van der Waals surface area contributed by atoms with Crippen LogP contribution in [-0.4, -0.2) is 38.8 Å². The number of carbonyl (C=O) groups excluding carboxylic acids is 1. The maximum absolute atomic E-state index is 11.9. The molecule has 7 nitrogen and oxygen atoms in total. The summed E-state index contributed by atoms with van der Waals surface area (Å²) in [5.74, 6) is 0.505. The molecule has 8 heteroatoms. The van der Waals surface area contributed by atoms with Gasteiger partial charge < -0.3 is 10.4 Å². The third kappa shape index (κ3) is 4.20. The number of aromatic nitrogens is 3. The average Bonchev–Trinajstić information content (AvgIpc) is 2.99. The Morgan fingerprint density at radius 2 is 2.24 bits per heavy atom. The summed E-state index contributed by atoms with van der Waals surface area (Å²) in [7, 11) is 0. The lowest BCUT2D eigenvalue weighted by atomic mass is 10.1. The molecular formula is C13H17N5O2S. The fourth-order valence-electron chi connectivity index (χ4n) is 1.54. The predicted molar refractivity (Wildman–Crippen MR) is 81.4 cm³/mol. The van der Waals surface area contributed by atoms with Crippen molar-refractivity contribution in [3.63, 3.8) is 0 Å². The van der Waals surface area contributed by atoms with Crippen molar-refractivity contribution in [2.24, 2.45) is 5.92 Å². The Kier molecular flexibility index (Phi) is 5.18. The van der Waals surface area contributed by atoms with E-state index in [-0.39, 0.29) is 24.5 Å². The zero-order valence-electron chi connectivity index (χ0n) is 11.8. The number of hydrogen-bond acceptors (Lipinski definition) is 7. The zero-order chi connectivity index (χ0) is 15.2. The van der Waals surface area contributed by atoms with Crippen molar-refractivity contribution in [2.45, 2.75) is 19.9 Å². The minimum atomic E-state index is -0.275. The number of aliphatic hydroxyl groups is 1. The quantitative estimate of drug-likeness (QED) is 0.750. The van der Waals surface area contributed by atoms with Gasteiger partial charge in [0.05, 0.1) is 5.56 Å². The smallest absolute Gasteiger partial charge is 0.259 e. The third-order valence-corrected chi connectivity index (χ3v) is 3.73. The molecule has 0 bridgehead atoms. The molecule has 0 aliphatic rings. The molecule has 0 fully saturated rings. The number of pyridine rings is 1. The van der Waals surface area contributed by atoms with Crippen LogP contribution < -0.4 is 10.6 Å². The van der Waals surface area contributed by atoms with E-state index >= 15 is 0 Å². The van der Waals surface area contributed by atoms with Crippen molar-refractivity contribution in [3.05, 3.63) is 29.4 Å². The molecule has 2 aromatic heterocycles. The molecule has 2 atom stereocenters. The van der Waals surface area contributed by atoms with Crippen molar-refractivity contribution in [1.82, 2.24) is 15.2 Å². The Labute approximate surface area is 126 Å². The fraction of sp³-hybridized carbons (Fsp3) is 0.385. The first-order chi connectivity index (χ1) is 10.1. The Balaban J connectivity index is 1.97. The van der Waals surface area contributed by atoms with Gasteiger partial charge in [0.15, 0.2) is 0 Å². The minimum Gasteiger partial charge on any atom is -0.396 e. The van der Waals surface area contributed by atoms with E-state index in [0.717, 1.165) is 0 Å². The number of aliphatic hydroxyl groups excluding tert-OH is 1. The van der Waals surface area contributed by atoms with E-state index in [1.807, 2.05) is 13.8 Å². The number of hydrogen-bond donors (Lipinski definition) is 3. The maximum Gasteiger partial charge on any atom is 0.259 e. The van der Waals surface area contributed by atoms with Gasteiger partial charge in [0.2, 0.25) is 5.13 Å². The number of amides is 1. The van der Waals surface area contributed by atoms with E-state index in [1.54, 1.807) is 17.6 Å². The highest BCUT2D eigenvalue weighted by Gasteiger charge is 2.12. The second-order valence-corrected chi connectivity index (χ2v) is 5.56. The number of carbonyl (C=O) groups is 1. The fourth-order valence-corrected chi connectivity index (χ4v) is 1.98. The Bertz CT molecular complexity index is 573. The highest BCUT2D eigenvalue weighted by atomic mass is 32.1. The van der Waals surface area contributed by atoms with Gasteiger partial charge in [0.1, 0.15) is 11.3 Å². The van der Waals surface area contributed by atoms with Gasteiger partial charge in [-0.3, -0.25) is 10.1 Å². The summed E-state index contributed by atoms with van der Waals surface area (Å²) in [6.45, 7) is 4.02. The first kappa shape index (κ1) is 15.3. The van der Waals surface area contributed by atoms with Crippen molar-refractivity contribution in [3.8, 4) is 0 Å². The van der Waals surface area contributed by atoms with Crippen LogP contribution in [0.25, 0.3) is 0 Å². The first-order valence-corrected chi connectivity index (χ1v) is 7.39. The molecule has 2 unspecified atom stereocenters. The molecule has 0 spiro atoms. The van der Waals surface area contributed by atoms with Gasteiger partial charge >= 0.3 is 0 Å². The van der Waals surface area contributed by atoms with E-state index < -0.39 is 0 Å². The lowest BCUT2D eigenvalue weighted by Crippen LogP contribution is -2.26. The zero-order valence-corrected chi connectivity index (χ0v) is 12.6. The lowest BCUT2D eigenvalue weighted by Gasteiger charge is -2.19. The molecular weight excluding hydrogens is 290 g/mol. The Hall–Kier alpha value is -2.06. The Morgan fingerprint density at radius 1 is 1.43 bits per heavy atom. The molecule has 0 aromatic carbocycles. The molecule has 0 saturated heterocycles. The summed E-state index contributed by atoms with van der Waals surface area (Å²) in [4.78, 5) is 16.1. The molecule has 0 aliphatic carbocycles. The van der Waals surface area contributed by atoms with Gasteiger partial charge in [0, 0.05) is 18.8 Å². The third-order valence-electron chi connectivity index (χ3n) is 3.12. The lowest BCUT2D eigenvalue weighted by molar-refractivity contribution is 0.102. The van der Waals surface area contributed by atoms with E-state index in [0.29, 0.717) is 16.5 Å². The average molecular weight is 307 g/mol. The van der Waals surface area contributed by atoms with Crippen LogP contribution in [0.15, 0.2) is 23.8 Å². The topological polar surface area (TPSA) is 100 Å². The summed E-state index contributed by atoms with van der Waals surface area (Å²) < 4.78 is 0. The Morgan fingerprint density at radius 3 is 2.81 bits per heavy atom. The molecule has 1 amide bonds. The highest BCUT2D eigenvalue weighted by molar-refractivity contribution is 7.13. The molecule has 21 heavy (non-hydrogen) atoms. The van der Waals surface area contributed by atoms with Crippen molar-refractivity contribution < 1.29 is 9.90 Å². The normalized spacial score (nSPS) is 13.5. The van der Waals surface area contributed by atoms with Crippen LogP contribution in [0.1, 0.15) is 24.2 Å². The standard InChI is InChI=1S/C13H17N5O2S/c1-8(6-19)9(2)16-11-4-3-10(5-14-11)12(20)17-13-18-15-7-21-13/h3-5,7-9,19H,6H2,1-2H3,(H,14,16)(H,17,18,20). The van der Waals surface area contributed by atoms with Crippen LogP contribution in [0.3, 0.4) is 0 Å². The summed E-state index contributed by atoms with van der Waals surface area (Å²) >= 11 is 1.25. The molecule has 3 N–H and O–H groups in total. The largest absolute Gasteiger partial charge is 0.396 e. The van der Waals surface area contributed by atoms with Gasteiger partial charge in [-0.15, -0.1) is 10.2 Å². The molecule has 2 rings (SSSR count). The van der Waals surface area contributed by atoms with Crippen LogP contribution in [0.5, 0.6) is 0 Å².